The molecule has 0 heterocycles. The van der Waals surface area contributed by atoms with E-state index in [0.29, 0.717) is 11.3 Å². The second-order valence-corrected chi connectivity index (χ2v) is 8.10. The normalized spacial score (nSPS) is 13.0. The summed E-state index contributed by atoms with van der Waals surface area (Å²) < 4.78 is 20.3. The molecule has 0 spiro atoms. The maximum atomic E-state index is 12.5. The van der Waals surface area contributed by atoms with E-state index < -0.39 is 34.9 Å². The predicted octanol–water partition coefficient (Wildman–Crippen LogP) is 3.10. The van der Waals surface area contributed by atoms with Crippen LogP contribution in [0.1, 0.15) is 38.5 Å². The number of rotatable bonds is 9. The van der Waals surface area contributed by atoms with Crippen molar-refractivity contribution in [2.24, 2.45) is 0 Å². The number of benzene rings is 1. The van der Waals surface area contributed by atoms with E-state index >= 15 is 0 Å². The number of thioether (sulfide) groups is 1. The first-order valence-electron chi connectivity index (χ1n) is 9.10. The van der Waals surface area contributed by atoms with Crippen molar-refractivity contribution in [2.75, 3.05) is 26.6 Å². The van der Waals surface area contributed by atoms with Crippen LogP contribution >= 0.6 is 11.8 Å². The van der Waals surface area contributed by atoms with Gasteiger partial charge < -0.3 is 24.3 Å². The quantitative estimate of drug-likeness (QED) is 0.474. The van der Waals surface area contributed by atoms with Gasteiger partial charge in [-0.1, -0.05) is 12.1 Å². The number of hydrogen-bond acceptors (Lipinski definition) is 8. The number of carbonyl (C=O) groups excluding carboxylic acids is 3. The molecule has 0 aliphatic heterocycles. The molecule has 0 radical (unpaired) electrons. The third-order valence-corrected chi connectivity index (χ3v) is 4.85. The molecule has 0 saturated carbocycles. The first-order chi connectivity index (χ1) is 13.6. The summed E-state index contributed by atoms with van der Waals surface area (Å²) >= 11 is 1.16. The highest BCUT2D eigenvalue weighted by molar-refractivity contribution is 8.00. The van der Waals surface area contributed by atoms with Gasteiger partial charge in [0.2, 0.25) is 0 Å². The number of alkyl carbamates (subject to hydrolysis) is 1. The molecule has 1 aromatic rings. The monoisotopic (exact) mass is 427 g/mol. The number of amides is 1. The van der Waals surface area contributed by atoms with E-state index in [-0.39, 0.29) is 12.4 Å². The van der Waals surface area contributed by atoms with Gasteiger partial charge in [-0.3, -0.25) is 4.79 Å². The SMILES string of the molecule is CCOC(=O)C(SC[C@H](NC(=O)OC(C)(C)C)C(=O)OC)c1ccc(OC)cc1. The van der Waals surface area contributed by atoms with Crippen LogP contribution in [0.2, 0.25) is 0 Å². The van der Waals surface area contributed by atoms with Crippen LogP contribution in [0.15, 0.2) is 24.3 Å². The Hall–Kier alpha value is -2.42. The Labute approximate surface area is 175 Å². The van der Waals surface area contributed by atoms with Gasteiger partial charge in [0.25, 0.3) is 0 Å². The molecule has 1 rings (SSSR count). The molecule has 9 heteroatoms. The lowest BCUT2D eigenvalue weighted by Crippen LogP contribution is -2.45. The van der Waals surface area contributed by atoms with Crippen LogP contribution in [0.5, 0.6) is 5.75 Å². The van der Waals surface area contributed by atoms with Crippen molar-refractivity contribution in [3.05, 3.63) is 29.8 Å². The maximum absolute atomic E-state index is 12.5. The Bertz CT molecular complexity index is 685. The largest absolute Gasteiger partial charge is 0.497 e. The third-order valence-electron chi connectivity index (χ3n) is 3.53. The fourth-order valence-corrected chi connectivity index (χ4v) is 3.41. The lowest BCUT2D eigenvalue weighted by atomic mass is 10.1. The van der Waals surface area contributed by atoms with Gasteiger partial charge in [-0.25, -0.2) is 9.59 Å². The van der Waals surface area contributed by atoms with Gasteiger partial charge >= 0.3 is 18.0 Å². The Morgan fingerprint density at radius 2 is 1.69 bits per heavy atom. The zero-order valence-electron chi connectivity index (χ0n) is 17.6. The number of methoxy groups -OCH3 is 2. The van der Waals surface area contributed by atoms with E-state index in [2.05, 4.69) is 5.32 Å². The van der Waals surface area contributed by atoms with Gasteiger partial charge in [-0.15, -0.1) is 11.8 Å². The summed E-state index contributed by atoms with van der Waals surface area (Å²) in [5.41, 5.74) is -0.0239. The summed E-state index contributed by atoms with van der Waals surface area (Å²) in [6.45, 7) is 7.09. The molecular weight excluding hydrogens is 398 g/mol. The minimum Gasteiger partial charge on any atom is -0.497 e. The Morgan fingerprint density at radius 3 is 2.17 bits per heavy atom. The summed E-state index contributed by atoms with van der Waals surface area (Å²) in [7, 11) is 2.78. The van der Waals surface area contributed by atoms with Crippen LogP contribution in [0.3, 0.4) is 0 Å². The molecule has 0 aliphatic carbocycles. The Balaban J connectivity index is 2.94. The van der Waals surface area contributed by atoms with Crippen molar-refractivity contribution in [2.45, 2.75) is 44.6 Å². The van der Waals surface area contributed by atoms with E-state index in [0.717, 1.165) is 11.8 Å². The predicted molar refractivity (Wildman–Crippen MR) is 110 cm³/mol. The number of ether oxygens (including phenoxy) is 4. The van der Waals surface area contributed by atoms with Crippen molar-refractivity contribution in [1.29, 1.82) is 0 Å². The lowest BCUT2D eigenvalue weighted by Gasteiger charge is -2.23. The first-order valence-corrected chi connectivity index (χ1v) is 10.2. The molecule has 8 nitrogen and oxygen atoms in total. The van der Waals surface area contributed by atoms with E-state index in [4.69, 9.17) is 18.9 Å². The van der Waals surface area contributed by atoms with E-state index in [1.807, 2.05) is 0 Å². The molecule has 0 fully saturated rings. The molecule has 1 N–H and O–H groups in total. The van der Waals surface area contributed by atoms with Gasteiger partial charge in [-0.05, 0) is 45.4 Å². The van der Waals surface area contributed by atoms with Crippen LogP contribution in [-0.2, 0) is 23.8 Å². The zero-order valence-corrected chi connectivity index (χ0v) is 18.5. The van der Waals surface area contributed by atoms with E-state index in [1.54, 1.807) is 59.1 Å². The van der Waals surface area contributed by atoms with Crippen LogP contribution in [-0.4, -0.2) is 56.3 Å². The van der Waals surface area contributed by atoms with Crippen LogP contribution < -0.4 is 10.1 Å². The third kappa shape index (κ3) is 8.64. The summed E-state index contributed by atoms with van der Waals surface area (Å²) in [6, 6.07) is 5.98. The lowest BCUT2D eigenvalue weighted by molar-refractivity contribution is -0.143. The molecule has 0 aliphatic rings. The molecule has 162 valence electrons. The van der Waals surface area contributed by atoms with E-state index in [1.165, 1.54) is 7.11 Å². The molecule has 29 heavy (non-hydrogen) atoms. The van der Waals surface area contributed by atoms with Gasteiger partial charge in [0.15, 0.2) is 0 Å². The van der Waals surface area contributed by atoms with Crippen molar-refractivity contribution < 1.29 is 33.3 Å². The van der Waals surface area contributed by atoms with Crippen molar-refractivity contribution in [3.8, 4) is 5.75 Å². The maximum Gasteiger partial charge on any atom is 0.408 e. The van der Waals surface area contributed by atoms with E-state index in [9.17, 15) is 14.4 Å². The summed E-state index contributed by atoms with van der Waals surface area (Å²) in [6.07, 6.45) is -0.745. The molecule has 0 saturated heterocycles. The number of nitrogens with one attached hydrogen (secondary N) is 1. The van der Waals surface area contributed by atoms with Gasteiger partial charge in [0.1, 0.15) is 22.6 Å². The van der Waals surface area contributed by atoms with Crippen molar-refractivity contribution in [1.82, 2.24) is 5.32 Å². The second-order valence-electron chi connectivity index (χ2n) is 6.96. The highest BCUT2D eigenvalue weighted by atomic mass is 32.2. The molecule has 2 atom stereocenters. The number of esters is 2. The molecular formula is C20H29NO7S. The fraction of sp³-hybridized carbons (Fsp3) is 0.550. The van der Waals surface area contributed by atoms with Gasteiger partial charge in [0, 0.05) is 5.75 Å². The zero-order chi connectivity index (χ0) is 22.0. The molecule has 0 bridgehead atoms. The first kappa shape index (κ1) is 24.6. The fourth-order valence-electron chi connectivity index (χ4n) is 2.25. The minimum atomic E-state index is -0.991. The molecule has 1 aromatic carbocycles. The average Bonchev–Trinajstić information content (AvgIpc) is 2.65. The topological polar surface area (TPSA) is 100 Å². The van der Waals surface area contributed by atoms with Crippen LogP contribution in [0.4, 0.5) is 4.79 Å². The second kappa shape index (κ2) is 11.5. The number of carbonyl (C=O) groups is 3. The summed E-state index contributed by atoms with van der Waals surface area (Å²) in [4.78, 5) is 36.6. The van der Waals surface area contributed by atoms with Crippen LogP contribution in [0, 0.1) is 0 Å². The number of hydrogen-bond donors (Lipinski definition) is 1. The highest BCUT2D eigenvalue weighted by Gasteiger charge is 2.29. The molecule has 0 aromatic heterocycles. The Kier molecular flexibility index (Phi) is 9.80. The van der Waals surface area contributed by atoms with Crippen LogP contribution in [0.25, 0.3) is 0 Å². The molecule has 1 amide bonds. The summed E-state index contributed by atoms with van der Waals surface area (Å²) in [5.74, 6) is -0.342. The smallest absolute Gasteiger partial charge is 0.408 e. The average molecular weight is 428 g/mol. The standard InChI is InChI=1S/C20H29NO7S/c1-7-27-18(23)16(13-8-10-14(25-5)11-9-13)29-12-15(17(22)26-6)21-19(24)28-20(2,3)4/h8-11,15-16H,7,12H2,1-6H3,(H,21,24)/t15-,16?/m0/s1. The van der Waals surface area contributed by atoms with Gasteiger partial charge in [-0.2, -0.15) is 0 Å². The van der Waals surface area contributed by atoms with Gasteiger partial charge in [0.05, 0.1) is 20.8 Å². The highest BCUT2D eigenvalue weighted by Crippen LogP contribution is 2.32. The summed E-state index contributed by atoms with van der Waals surface area (Å²) in [5, 5.41) is 1.80. The van der Waals surface area contributed by atoms with Crippen molar-refractivity contribution in [3.63, 3.8) is 0 Å². The minimum absolute atomic E-state index is 0.0847. The molecule has 1 unspecified atom stereocenters. The Morgan fingerprint density at radius 1 is 1.07 bits per heavy atom. The van der Waals surface area contributed by atoms with Crippen molar-refractivity contribution >= 4 is 29.8 Å².